The molecular weight excluding hydrogens is 172 g/mol. The van der Waals surface area contributed by atoms with Crippen LogP contribution in [0.3, 0.4) is 0 Å². The van der Waals surface area contributed by atoms with Crippen LogP contribution in [0.4, 0.5) is 0 Å². The van der Waals surface area contributed by atoms with Crippen LogP contribution in [-0.4, -0.2) is 31.3 Å². The van der Waals surface area contributed by atoms with E-state index >= 15 is 0 Å². The minimum absolute atomic E-state index is 0.0128. The van der Waals surface area contributed by atoms with Crippen molar-refractivity contribution in [3.63, 3.8) is 0 Å². The standard InChI is InChI=1S/C7H10N4O2/c1-7(2-3-7)6-8-9-10-11(6)4-5(12)13/h2-4H2,1H3,(H,12,13). The van der Waals surface area contributed by atoms with Gasteiger partial charge in [-0.15, -0.1) is 5.10 Å². The molecule has 1 aliphatic rings. The first-order chi connectivity index (χ1) is 6.12. The molecule has 0 spiro atoms. The van der Waals surface area contributed by atoms with E-state index in [1.807, 2.05) is 6.92 Å². The number of aliphatic carboxylic acids is 1. The Morgan fingerprint density at radius 1 is 1.69 bits per heavy atom. The highest BCUT2D eigenvalue weighted by molar-refractivity contribution is 5.66. The summed E-state index contributed by atoms with van der Waals surface area (Å²) in [7, 11) is 0. The van der Waals surface area contributed by atoms with Crippen LogP contribution in [-0.2, 0) is 16.8 Å². The summed E-state index contributed by atoms with van der Waals surface area (Å²) >= 11 is 0. The van der Waals surface area contributed by atoms with Crippen LogP contribution in [0.2, 0.25) is 0 Å². The lowest BCUT2D eigenvalue weighted by molar-refractivity contribution is -0.138. The van der Waals surface area contributed by atoms with E-state index in [0.29, 0.717) is 5.82 Å². The van der Waals surface area contributed by atoms with E-state index in [1.54, 1.807) is 0 Å². The number of nitrogens with zero attached hydrogens (tertiary/aromatic N) is 4. The van der Waals surface area contributed by atoms with E-state index in [4.69, 9.17) is 5.11 Å². The molecule has 13 heavy (non-hydrogen) atoms. The fourth-order valence-electron chi connectivity index (χ4n) is 1.28. The lowest BCUT2D eigenvalue weighted by Crippen LogP contribution is -2.17. The number of carbonyl (C=O) groups is 1. The topological polar surface area (TPSA) is 80.9 Å². The van der Waals surface area contributed by atoms with Crippen molar-refractivity contribution in [3.05, 3.63) is 5.82 Å². The van der Waals surface area contributed by atoms with Gasteiger partial charge in [0.1, 0.15) is 6.54 Å². The first-order valence-electron chi connectivity index (χ1n) is 4.10. The van der Waals surface area contributed by atoms with Crippen LogP contribution < -0.4 is 0 Å². The van der Waals surface area contributed by atoms with Gasteiger partial charge in [0, 0.05) is 5.41 Å². The third-order valence-corrected chi connectivity index (χ3v) is 2.36. The van der Waals surface area contributed by atoms with Gasteiger partial charge in [0.15, 0.2) is 5.82 Å². The average molecular weight is 182 g/mol. The van der Waals surface area contributed by atoms with Crippen molar-refractivity contribution < 1.29 is 9.90 Å². The van der Waals surface area contributed by atoms with Gasteiger partial charge in [0.2, 0.25) is 0 Å². The van der Waals surface area contributed by atoms with E-state index in [1.165, 1.54) is 4.68 Å². The molecule has 6 nitrogen and oxygen atoms in total. The van der Waals surface area contributed by atoms with E-state index in [0.717, 1.165) is 12.8 Å². The molecule has 1 fully saturated rings. The second-order valence-corrected chi connectivity index (χ2v) is 3.61. The molecule has 0 radical (unpaired) electrons. The van der Waals surface area contributed by atoms with E-state index in [-0.39, 0.29) is 12.0 Å². The number of aromatic nitrogens is 4. The summed E-state index contributed by atoms with van der Waals surface area (Å²) in [6.07, 6.45) is 2.07. The fraction of sp³-hybridized carbons (Fsp3) is 0.714. The number of hydrogen-bond donors (Lipinski definition) is 1. The number of carboxylic acid groups (broad SMARTS) is 1. The Morgan fingerprint density at radius 2 is 2.38 bits per heavy atom. The highest BCUT2D eigenvalue weighted by atomic mass is 16.4. The lowest BCUT2D eigenvalue weighted by Gasteiger charge is -2.05. The maximum Gasteiger partial charge on any atom is 0.325 e. The van der Waals surface area contributed by atoms with Gasteiger partial charge in [-0.05, 0) is 23.3 Å². The Balaban J connectivity index is 2.26. The van der Waals surface area contributed by atoms with Crippen molar-refractivity contribution in [3.8, 4) is 0 Å². The zero-order valence-corrected chi connectivity index (χ0v) is 7.27. The molecule has 1 N–H and O–H groups in total. The minimum atomic E-state index is -0.919. The molecule has 1 aliphatic carbocycles. The Bertz CT molecular complexity index is 342. The van der Waals surface area contributed by atoms with Crippen LogP contribution in [0.5, 0.6) is 0 Å². The number of hydrogen-bond acceptors (Lipinski definition) is 4. The second kappa shape index (κ2) is 2.51. The molecule has 1 saturated carbocycles. The smallest absolute Gasteiger partial charge is 0.325 e. The average Bonchev–Trinajstić information content (AvgIpc) is 2.62. The summed E-state index contributed by atoms with van der Waals surface area (Å²) < 4.78 is 1.36. The van der Waals surface area contributed by atoms with Crippen LogP contribution in [0.15, 0.2) is 0 Å². The van der Waals surface area contributed by atoms with Gasteiger partial charge in [0.05, 0.1) is 0 Å². The van der Waals surface area contributed by atoms with Gasteiger partial charge in [-0.25, -0.2) is 4.68 Å². The van der Waals surface area contributed by atoms with E-state index < -0.39 is 5.97 Å². The second-order valence-electron chi connectivity index (χ2n) is 3.61. The summed E-state index contributed by atoms with van der Waals surface area (Å²) in [5.41, 5.74) is 0.0128. The zero-order chi connectivity index (χ0) is 9.47. The van der Waals surface area contributed by atoms with Gasteiger partial charge in [-0.1, -0.05) is 6.92 Å². The predicted molar refractivity (Wildman–Crippen MR) is 42.0 cm³/mol. The van der Waals surface area contributed by atoms with Crippen molar-refractivity contribution in [1.29, 1.82) is 0 Å². The molecule has 2 rings (SSSR count). The molecule has 1 aromatic heterocycles. The van der Waals surface area contributed by atoms with Crippen molar-refractivity contribution >= 4 is 5.97 Å². The van der Waals surface area contributed by atoms with Gasteiger partial charge in [0.25, 0.3) is 0 Å². The SMILES string of the molecule is CC1(c2nnnn2CC(=O)O)CC1. The third kappa shape index (κ3) is 1.39. The quantitative estimate of drug-likeness (QED) is 0.700. The molecule has 1 aromatic rings. The van der Waals surface area contributed by atoms with Gasteiger partial charge >= 0.3 is 5.97 Å². The molecule has 0 saturated heterocycles. The molecule has 0 unspecified atom stereocenters. The monoisotopic (exact) mass is 182 g/mol. The number of tetrazole rings is 1. The van der Waals surface area contributed by atoms with E-state index in [9.17, 15) is 4.79 Å². The summed E-state index contributed by atoms with van der Waals surface area (Å²) in [6, 6.07) is 0. The third-order valence-electron chi connectivity index (χ3n) is 2.36. The fourth-order valence-corrected chi connectivity index (χ4v) is 1.28. The van der Waals surface area contributed by atoms with Crippen molar-refractivity contribution in [2.75, 3.05) is 0 Å². The molecule has 1 heterocycles. The number of rotatable bonds is 3. The summed E-state index contributed by atoms with van der Waals surface area (Å²) in [5.74, 6) is -0.229. The molecule has 0 aromatic carbocycles. The molecule has 0 amide bonds. The highest BCUT2D eigenvalue weighted by Gasteiger charge is 2.44. The van der Waals surface area contributed by atoms with Gasteiger partial charge < -0.3 is 5.11 Å². The first kappa shape index (κ1) is 8.15. The molecule has 0 bridgehead atoms. The summed E-state index contributed by atoms with van der Waals surface area (Å²) in [4.78, 5) is 10.4. The van der Waals surface area contributed by atoms with Gasteiger partial charge in [-0.2, -0.15) is 0 Å². The largest absolute Gasteiger partial charge is 0.480 e. The maximum absolute atomic E-state index is 10.4. The van der Waals surface area contributed by atoms with Crippen molar-refractivity contribution in [2.24, 2.45) is 0 Å². The predicted octanol–water partition coefficient (Wildman–Crippen LogP) is -0.191. The van der Waals surface area contributed by atoms with Crippen LogP contribution in [0.25, 0.3) is 0 Å². The molecule has 6 heteroatoms. The molecular formula is C7H10N4O2. The maximum atomic E-state index is 10.4. The van der Waals surface area contributed by atoms with Crippen molar-refractivity contribution in [1.82, 2.24) is 20.2 Å². The highest BCUT2D eigenvalue weighted by Crippen LogP contribution is 2.46. The molecule has 0 aliphatic heterocycles. The number of carboxylic acids is 1. The van der Waals surface area contributed by atoms with Crippen LogP contribution in [0.1, 0.15) is 25.6 Å². The Morgan fingerprint density at radius 3 is 2.92 bits per heavy atom. The lowest BCUT2D eigenvalue weighted by atomic mass is 10.1. The normalized spacial score (nSPS) is 18.5. The summed E-state index contributed by atoms with van der Waals surface area (Å²) in [5, 5.41) is 19.5. The molecule has 0 atom stereocenters. The van der Waals surface area contributed by atoms with Gasteiger partial charge in [-0.3, -0.25) is 4.79 Å². The van der Waals surface area contributed by atoms with E-state index in [2.05, 4.69) is 15.5 Å². The molecule has 70 valence electrons. The Hall–Kier alpha value is -1.46. The first-order valence-corrected chi connectivity index (χ1v) is 4.10. The Labute approximate surface area is 74.6 Å². The van der Waals surface area contributed by atoms with Crippen molar-refractivity contribution in [2.45, 2.75) is 31.7 Å². The minimum Gasteiger partial charge on any atom is -0.480 e. The van der Waals surface area contributed by atoms with Crippen LogP contribution in [0, 0.1) is 0 Å². The zero-order valence-electron chi connectivity index (χ0n) is 7.27. The Kier molecular flexibility index (Phi) is 1.58. The van der Waals surface area contributed by atoms with Crippen LogP contribution >= 0.6 is 0 Å². The summed E-state index contributed by atoms with van der Waals surface area (Å²) in [6.45, 7) is 1.88.